The van der Waals surface area contributed by atoms with Gasteiger partial charge in [0.25, 0.3) is 0 Å². The molecule has 1 unspecified atom stereocenters. The van der Waals surface area contributed by atoms with Crippen molar-refractivity contribution in [3.05, 3.63) is 42.0 Å². The lowest BCUT2D eigenvalue weighted by Gasteiger charge is -2.28. The third kappa shape index (κ3) is 4.09. The average molecular weight is 276 g/mol. The van der Waals surface area contributed by atoms with Crippen LogP contribution in [0.2, 0.25) is 0 Å². The van der Waals surface area contributed by atoms with E-state index in [2.05, 4.69) is 19.1 Å². The summed E-state index contributed by atoms with van der Waals surface area (Å²) in [5.41, 5.74) is 1.15. The molecular formula is C17H24O3. The van der Waals surface area contributed by atoms with E-state index in [0.717, 1.165) is 30.8 Å². The lowest BCUT2D eigenvalue weighted by molar-refractivity contribution is 0.0635. The Balaban J connectivity index is 1.70. The van der Waals surface area contributed by atoms with Gasteiger partial charge < -0.3 is 14.6 Å². The van der Waals surface area contributed by atoms with Crippen LogP contribution < -0.4 is 4.74 Å². The number of aliphatic hydroxyl groups excluding tert-OH is 1. The summed E-state index contributed by atoms with van der Waals surface area (Å²) in [5.74, 6) is 1.61. The fourth-order valence-electron chi connectivity index (χ4n) is 2.56. The van der Waals surface area contributed by atoms with Crippen LogP contribution in [0.5, 0.6) is 5.75 Å². The second kappa shape index (κ2) is 7.46. The predicted molar refractivity (Wildman–Crippen MR) is 79.7 cm³/mol. The third-order valence-corrected chi connectivity index (χ3v) is 4.07. The van der Waals surface area contributed by atoms with Gasteiger partial charge in [-0.25, -0.2) is 0 Å². The molecule has 1 aromatic rings. The molecule has 3 heteroatoms. The molecule has 0 fully saturated rings. The normalized spacial score (nSPS) is 25.6. The zero-order chi connectivity index (χ0) is 14.4. The van der Waals surface area contributed by atoms with Gasteiger partial charge in [-0.2, -0.15) is 0 Å². The van der Waals surface area contributed by atoms with Crippen LogP contribution in [0.25, 0.3) is 0 Å². The highest BCUT2D eigenvalue weighted by atomic mass is 16.5. The second-order valence-electron chi connectivity index (χ2n) is 5.44. The van der Waals surface area contributed by atoms with E-state index in [-0.39, 0.29) is 6.10 Å². The first-order chi connectivity index (χ1) is 9.70. The fraction of sp³-hybridized carbons (Fsp3) is 0.529. The number of methoxy groups -OCH3 is 1. The summed E-state index contributed by atoms with van der Waals surface area (Å²) < 4.78 is 10.8. The van der Waals surface area contributed by atoms with E-state index < -0.39 is 0 Å². The second-order valence-corrected chi connectivity index (χ2v) is 5.44. The number of ether oxygens (including phenoxy) is 2. The van der Waals surface area contributed by atoms with Crippen molar-refractivity contribution in [3.63, 3.8) is 0 Å². The maximum absolute atomic E-state index is 9.83. The molecule has 0 amide bonds. The molecule has 1 aliphatic carbocycles. The summed E-state index contributed by atoms with van der Waals surface area (Å²) in [4.78, 5) is 0. The van der Waals surface area contributed by atoms with Crippen LogP contribution in [0, 0.1) is 11.8 Å². The summed E-state index contributed by atoms with van der Waals surface area (Å²) in [6, 6.07) is 7.93. The summed E-state index contributed by atoms with van der Waals surface area (Å²) >= 11 is 0. The summed E-state index contributed by atoms with van der Waals surface area (Å²) in [6.07, 6.45) is 5.84. The zero-order valence-corrected chi connectivity index (χ0v) is 12.3. The van der Waals surface area contributed by atoms with Crippen molar-refractivity contribution in [2.75, 3.05) is 13.7 Å². The molecule has 0 saturated carbocycles. The number of hydrogen-bond acceptors (Lipinski definition) is 3. The van der Waals surface area contributed by atoms with Crippen molar-refractivity contribution in [2.45, 2.75) is 32.5 Å². The van der Waals surface area contributed by atoms with Crippen molar-refractivity contribution in [3.8, 4) is 5.75 Å². The molecule has 0 saturated heterocycles. The maximum atomic E-state index is 9.83. The van der Waals surface area contributed by atoms with Crippen LogP contribution in [-0.2, 0) is 11.3 Å². The Morgan fingerprint density at radius 3 is 2.70 bits per heavy atom. The average Bonchev–Trinajstić information content (AvgIpc) is 2.48. The van der Waals surface area contributed by atoms with Gasteiger partial charge in [-0.15, -0.1) is 0 Å². The Hall–Kier alpha value is -1.32. The largest absolute Gasteiger partial charge is 0.497 e. The molecule has 110 valence electrons. The van der Waals surface area contributed by atoms with Gasteiger partial charge in [-0.1, -0.05) is 31.2 Å². The number of allylic oxidation sites excluding steroid dienone is 1. The van der Waals surface area contributed by atoms with Crippen LogP contribution >= 0.6 is 0 Å². The van der Waals surface area contributed by atoms with E-state index in [1.165, 1.54) is 0 Å². The molecule has 20 heavy (non-hydrogen) atoms. The molecule has 0 aromatic heterocycles. The minimum Gasteiger partial charge on any atom is -0.497 e. The minimum absolute atomic E-state index is 0.202. The van der Waals surface area contributed by atoms with Crippen molar-refractivity contribution in [1.29, 1.82) is 0 Å². The molecule has 0 aliphatic heterocycles. The van der Waals surface area contributed by atoms with E-state index in [1.807, 2.05) is 24.3 Å². The first-order valence-corrected chi connectivity index (χ1v) is 7.26. The Kier molecular flexibility index (Phi) is 5.62. The van der Waals surface area contributed by atoms with Crippen LogP contribution in [0.15, 0.2) is 36.4 Å². The Morgan fingerprint density at radius 2 is 2.00 bits per heavy atom. The van der Waals surface area contributed by atoms with E-state index in [4.69, 9.17) is 9.47 Å². The van der Waals surface area contributed by atoms with E-state index in [9.17, 15) is 5.11 Å². The SMILES string of the molecule is COc1ccc(COCC[C@H]2C=CCC(O)[C@@H]2C)cc1. The molecule has 0 bridgehead atoms. The summed E-state index contributed by atoms with van der Waals surface area (Å²) in [6.45, 7) is 3.46. The van der Waals surface area contributed by atoms with Crippen molar-refractivity contribution < 1.29 is 14.6 Å². The molecule has 1 N–H and O–H groups in total. The van der Waals surface area contributed by atoms with Crippen LogP contribution in [0.3, 0.4) is 0 Å². The summed E-state index contributed by atoms with van der Waals surface area (Å²) in [5, 5.41) is 9.83. The van der Waals surface area contributed by atoms with E-state index in [1.54, 1.807) is 7.11 Å². The topological polar surface area (TPSA) is 38.7 Å². The lowest BCUT2D eigenvalue weighted by Crippen LogP contribution is -2.27. The highest BCUT2D eigenvalue weighted by Crippen LogP contribution is 2.27. The lowest BCUT2D eigenvalue weighted by atomic mass is 9.81. The Morgan fingerprint density at radius 1 is 1.25 bits per heavy atom. The monoisotopic (exact) mass is 276 g/mol. The highest BCUT2D eigenvalue weighted by Gasteiger charge is 2.24. The van der Waals surface area contributed by atoms with Gasteiger partial charge in [-0.3, -0.25) is 0 Å². The highest BCUT2D eigenvalue weighted by molar-refractivity contribution is 5.26. The molecule has 2 rings (SSSR count). The molecule has 0 radical (unpaired) electrons. The van der Waals surface area contributed by atoms with Crippen molar-refractivity contribution in [1.82, 2.24) is 0 Å². The van der Waals surface area contributed by atoms with E-state index >= 15 is 0 Å². The number of benzene rings is 1. The molecule has 3 nitrogen and oxygen atoms in total. The molecular weight excluding hydrogens is 252 g/mol. The third-order valence-electron chi connectivity index (χ3n) is 4.07. The molecule has 1 aromatic carbocycles. The Bertz CT molecular complexity index is 424. The van der Waals surface area contributed by atoms with Crippen molar-refractivity contribution in [2.24, 2.45) is 11.8 Å². The number of rotatable bonds is 6. The molecule has 3 atom stereocenters. The van der Waals surface area contributed by atoms with Gasteiger partial charge in [0, 0.05) is 6.61 Å². The first-order valence-electron chi connectivity index (χ1n) is 7.26. The number of hydrogen-bond donors (Lipinski definition) is 1. The Labute approximate surface area is 121 Å². The molecule has 0 heterocycles. The van der Waals surface area contributed by atoms with Crippen LogP contribution in [0.1, 0.15) is 25.3 Å². The number of aliphatic hydroxyl groups is 1. The van der Waals surface area contributed by atoms with Gasteiger partial charge in [-0.05, 0) is 42.4 Å². The fourth-order valence-corrected chi connectivity index (χ4v) is 2.56. The molecule has 1 aliphatic rings. The van der Waals surface area contributed by atoms with Crippen LogP contribution in [-0.4, -0.2) is 24.9 Å². The molecule has 0 spiro atoms. The van der Waals surface area contributed by atoms with Gasteiger partial charge in [0.15, 0.2) is 0 Å². The first kappa shape index (κ1) is 15.1. The van der Waals surface area contributed by atoms with Crippen molar-refractivity contribution >= 4 is 0 Å². The zero-order valence-electron chi connectivity index (χ0n) is 12.3. The van der Waals surface area contributed by atoms with E-state index in [0.29, 0.717) is 18.4 Å². The van der Waals surface area contributed by atoms with Gasteiger partial charge >= 0.3 is 0 Å². The standard InChI is InChI=1S/C17H24O3/c1-13-15(4-3-5-17(13)18)10-11-20-12-14-6-8-16(19-2)9-7-14/h3-4,6-9,13,15,17-18H,5,10-12H2,1-2H3/t13-,15-,17?/m1/s1. The smallest absolute Gasteiger partial charge is 0.118 e. The summed E-state index contributed by atoms with van der Waals surface area (Å²) in [7, 11) is 1.67. The minimum atomic E-state index is -0.202. The van der Waals surface area contributed by atoms with Gasteiger partial charge in [0.1, 0.15) is 5.75 Å². The maximum Gasteiger partial charge on any atom is 0.118 e. The quantitative estimate of drug-likeness (QED) is 0.640. The van der Waals surface area contributed by atoms with Gasteiger partial charge in [0.05, 0.1) is 19.8 Å². The van der Waals surface area contributed by atoms with Gasteiger partial charge in [0.2, 0.25) is 0 Å². The van der Waals surface area contributed by atoms with Crippen LogP contribution in [0.4, 0.5) is 0 Å². The predicted octanol–water partition coefficient (Wildman–Crippen LogP) is 3.18.